The van der Waals surface area contributed by atoms with Crippen LogP contribution in [0.2, 0.25) is 0 Å². The second-order valence-electron chi connectivity index (χ2n) is 3.90. The van der Waals surface area contributed by atoms with Crippen molar-refractivity contribution in [2.75, 3.05) is 12.4 Å². The van der Waals surface area contributed by atoms with Crippen molar-refractivity contribution >= 4 is 23.0 Å². The Labute approximate surface area is 110 Å². The molecule has 1 aromatic heterocycles. The fourth-order valence-electron chi connectivity index (χ4n) is 1.69. The lowest BCUT2D eigenvalue weighted by Crippen LogP contribution is -2.07. The van der Waals surface area contributed by atoms with Crippen LogP contribution in [0.5, 0.6) is 0 Å². The molecule has 0 unspecified atom stereocenters. The number of carbonyl (C=O) groups is 1. The molecule has 3 nitrogen and oxygen atoms in total. The molecule has 0 radical (unpaired) electrons. The lowest BCUT2D eigenvalue weighted by atomic mass is 10.2. The molecule has 2 rings (SSSR count). The molecule has 94 valence electrons. The lowest BCUT2D eigenvalue weighted by molar-refractivity contribution is 0.0602. The van der Waals surface area contributed by atoms with Crippen molar-refractivity contribution < 1.29 is 9.53 Å². The summed E-state index contributed by atoms with van der Waals surface area (Å²) in [4.78, 5) is 14.1. The Morgan fingerprint density at radius 3 is 2.72 bits per heavy atom. The minimum Gasteiger partial charge on any atom is -0.465 e. The van der Waals surface area contributed by atoms with E-state index in [1.165, 1.54) is 16.9 Å². The number of thiophene rings is 1. The minimum absolute atomic E-state index is 0.319. The van der Waals surface area contributed by atoms with Crippen LogP contribution in [0.15, 0.2) is 36.4 Å². The second-order valence-corrected chi connectivity index (χ2v) is 5.28. The van der Waals surface area contributed by atoms with E-state index in [1.54, 1.807) is 17.4 Å². The van der Waals surface area contributed by atoms with Gasteiger partial charge in [-0.05, 0) is 31.2 Å². The van der Waals surface area contributed by atoms with Crippen LogP contribution in [0.25, 0.3) is 0 Å². The molecule has 1 heterocycles. The van der Waals surface area contributed by atoms with Crippen molar-refractivity contribution in [2.45, 2.75) is 13.5 Å². The van der Waals surface area contributed by atoms with Gasteiger partial charge in [0.15, 0.2) is 0 Å². The van der Waals surface area contributed by atoms with E-state index in [9.17, 15) is 4.79 Å². The first-order chi connectivity index (χ1) is 8.70. The van der Waals surface area contributed by atoms with Crippen molar-refractivity contribution in [3.8, 4) is 0 Å². The molecule has 1 N–H and O–H groups in total. The third-order valence-electron chi connectivity index (χ3n) is 2.58. The van der Waals surface area contributed by atoms with Crippen LogP contribution in [-0.4, -0.2) is 13.1 Å². The summed E-state index contributed by atoms with van der Waals surface area (Å²) in [6, 6.07) is 11.5. The Bertz CT molecular complexity index is 548. The normalized spacial score (nSPS) is 10.1. The van der Waals surface area contributed by atoms with Gasteiger partial charge in [-0.25, -0.2) is 4.79 Å². The summed E-state index contributed by atoms with van der Waals surface area (Å²) in [5, 5.41) is 3.27. The average molecular weight is 261 g/mol. The fourth-order valence-corrected chi connectivity index (χ4v) is 2.52. The smallest absolute Gasteiger partial charge is 0.339 e. The number of para-hydroxylation sites is 1. The van der Waals surface area contributed by atoms with Crippen LogP contribution in [0, 0.1) is 6.92 Å². The molecule has 0 aliphatic rings. The van der Waals surface area contributed by atoms with Gasteiger partial charge in [-0.3, -0.25) is 0 Å². The summed E-state index contributed by atoms with van der Waals surface area (Å²) in [5.41, 5.74) is 1.36. The Kier molecular flexibility index (Phi) is 3.99. The Morgan fingerprint density at radius 1 is 1.28 bits per heavy atom. The molecular formula is C14H15NO2S. The van der Waals surface area contributed by atoms with Gasteiger partial charge in [0, 0.05) is 22.0 Å². The van der Waals surface area contributed by atoms with Crippen LogP contribution in [0.3, 0.4) is 0 Å². The molecule has 0 bridgehead atoms. The summed E-state index contributed by atoms with van der Waals surface area (Å²) in [6.07, 6.45) is 0. The molecule has 0 atom stereocenters. The van der Waals surface area contributed by atoms with Crippen molar-refractivity contribution in [3.63, 3.8) is 0 Å². The molecule has 2 aromatic rings. The van der Waals surface area contributed by atoms with Crippen LogP contribution in [0.4, 0.5) is 5.69 Å². The van der Waals surface area contributed by atoms with Crippen molar-refractivity contribution in [1.82, 2.24) is 0 Å². The van der Waals surface area contributed by atoms with E-state index < -0.39 is 0 Å². The minimum atomic E-state index is -0.319. The summed E-state index contributed by atoms with van der Waals surface area (Å²) in [6.45, 7) is 2.79. The SMILES string of the molecule is COC(=O)c1ccccc1NCc1ccc(C)s1. The van der Waals surface area contributed by atoms with Crippen LogP contribution in [-0.2, 0) is 11.3 Å². The number of rotatable bonds is 4. The van der Waals surface area contributed by atoms with Gasteiger partial charge in [-0.1, -0.05) is 12.1 Å². The number of carbonyl (C=O) groups excluding carboxylic acids is 1. The zero-order valence-corrected chi connectivity index (χ0v) is 11.2. The van der Waals surface area contributed by atoms with Crippen molar-refractivity contribution in [1.29, 1.82) is 0 Å². The van der Waals surface area contributed by atoms with Crippen LogP contribution < -0.4 is 5.32 Å². The molecule has 0 saturated heterocycles. The first-order valence-electron chi connectivity index (χ1n) is 5.67. The fraction of sp³-hybridized carbons (Fsp3) is 0.214. The quantitative estimate of drug-likeness (QED) is 0.857. The van der Waals surface area contributed by atoms with Gasteiger partial charge >= 0.3 is 5.97 Å². The highest BCUT2D eigenvalue weighted by Gasteiger charge is 2.10. The second kappa shape index (κ2) is 5.69. The maximum Gasteiger partial charge on any atom is 0.339 e. The zero-order valence-electron chi connectivity index (χ0n) is 10.4. The van der Waals surface area contributed by atoms with Gasteiger partial charge in [0.1, 0.15) is 0 Å². The summed E-state index contributed by atoms with van der Waals surface area (Å²) >= 11 is 1.75. The molecule has 0 saturated carbocycles. The number of hydrogen-bond donors (Lipinski definition) is 1. The molecular weight excluding hydrogens is 246 g/mol. The maximum absolute atomic E-state index is 11.6. The number of ether oxygens (including phenoxy) is 1. The number of benzene rings is 1. The summed E-state index contributed by atoms with van der Waals surface area (Å²) in [7, 11) is 1.39. The Morgan fingerprint density at radius 2 is 2.06 bits per heavy atom. The number of methoxy groups -OCH3 is 1. The van der Waals surface area contributed by atoms with E-state index in [2.05, 4.69) is 24.4 Å². The average Bonchev–Trinajstić information content (AvgIpc) is 2.81. The molecule has 4 heteroatoms. The van der Waals surface area contributed by atoms with E-state index in [-0.39, 0.29) is 5.97 Å². The van der Waals surface area contributed by atoms with Gasteiger partial charge in [-0.15, -0.1) is 11.3 Å². The maximum atomic E-state index is 11.6. The van der Waals surface area contributed by atoms with Crippen molar-refractivity contribution in [3.05, 3.63) is 51.7 Å². The topological polar surface area (TPSA) is 38.3 Å². The van der Waals surface area contributed by atoms with E-state index in [0.29, 0.717) is 12.1 Å². The number of aryl methyl sites for hydroxylation is 1. The standard InChI is InChI=1S/C14H15NO2S/c1-10-7-8-11(18-10)9-15-13-6-4-3-5-12(13)14(16)17-2/h3-8,15H,9H2,1-2H3. The first kappa shape index (κ1) is 12.6. The van der Waals surface area contributed by atoms with Gasteiger partial charge in [0.2, 0.25) is 0 Å². The van der Waals surface area contributed by atoms with E-state index in [4.69, 9.17) is 4.74 Å². The molecule has 0 spiro atoms. The van der Waals surface area contributed by atoms with E-state index in [1.807, 2.05) is 18.2 Å². The van der Waals surface area contributed by atoms with Gasteiger partial charge < -0.3 is 10.1 Å². The van der Waals surface area contributed by atoms with Crippen molar-refractivity contribution in [2.24, 2.45) is 0 Å². The Hall–Kier alpha value is -1.81. The van der Waals surface area contributed by atoms with Crippen LogP contribution >= 0.6 is 11.3 Å². The van der Waals surface area contributed by atoms with E-state index >= 15 is 0 Å². The number of anilines is 1. The number of nitrogens with one attached hydrogen (secondary N) is 1. The van der Waals surface area contributed by atoms with Crippen LogP contribution in [0.1, 0.15) is 20.1 Å². The zero-order chi connectivity index (χ0) is 13.0. The number of esters is 1. The lowest BCUT2D eigenvalue weighted by Gasteiger charge is -2.09. The molecule has 1 aromatic carbocycles. The Balaban J connectivity index is 2.11. The first-order valence-corrected chi connectivity index (χ1v) is 6.49. The third kappa shape index (κ3) is 2.90. The predicted octanol–water partition coefficient (Wildman–Crippen LogP) is 3.46. The van der Waals surface area contributed by atoms with Gasteiger partial charge in [0.05, 0.1) is 12.7 Å². The van der Waals surface area contributed by atoms with Gasteiger partial charge in [-0.2, -0.15) is 0 Å². The highest BCUT2D eigenvalue weighted by Crippen LogP contribution is 2.20. The molecule has 0 amide bonds. The predicted molar refractivity (Wildman–Crippen MR) is 74.2 cm³/mol. The summed E-state index contributed by atoms with van der Waals surface area (Å²) in [5.74, 6) is -0.319. The molecule has 0 aliphatic carbocycles. The van der Waals surface area contributed by atoms with E-state index in [0.717, 1.165) is 5.69 Å². The highest BCUT2D eigenvalue weighted by atomic mass is 32.1. The highest BCUT2D eigenvalue weighted by molar-refractivity contribution is 7.11. The third-order valence-corrected chi connectivity index (χ3v) is 3.58. The monoisotopic (exact) mass is 261 g/mol. The molecule has 0 aliphatic heterocycles. The van der Waals surface area contributed by atoms with Gasteiger partial charge in [0.25, 0.3) is 0 Å². The largest absolute Gasteiger partial charge is 0.465 e. The molecule has 0 fully saturated rings. The molecule has 18 heavy (non-hydrogen) atoms. The number of hydrogen-bond acceptors (Lipinski definition) is 4. The summed E-state index contributed by atoms with van der Waals surface area (Å²) < 4.78 is 4.76.